The van der Waals surface area contributed by atoms with Crippen LogP contribution in [0.2, 0.25) is 0 Å². The van der Waals surface area contributed by atoms with Crippen molar-refractivity contribution in [3.8, 4) is 5.75 Å². The Morgan fingerprint density at radius 1 is 1.35 bits per heavy atom. The van der Waals surface area contributed by atoms with Crippen LogP contribution >= 0.6 is 0 Å². The molecule has 0 saturated carbocycles. The summed E-state index contributed by atoms with van der Waals surface area (Å²) >= 11 is 0. The van der Waals surface area contributed by atoms with Gasteiger partial charge in [0, 0.05) is 5.92 Å². The normalized spacial score (nSPS) is 15.5. The highest BCUT2D eigenvalue weighted by atomic mass is 32.2. The summed E-state index contributed by atoms with van der Waals surface area (Å²) in [6.07, 6.45) is 0.294. The summed E-state index contributed by atoms with van der Waals surface area (Å²) in [7, 11) is -4.43. The zero-order valence-electron chi connectivity index (χ0n) is 9.66. The zero-order valence-corrected chi connectivity index (χ0v) is 10.5. The summed E-state index contributed by atoms with van der Waals surface area (Å²) in [4.78, 5) is 0. The van der Waals surface area contributed by atoms with Gasteiger partial charge in [-0.1, -0.05) is 19.1 Å². The maximum atomic E-state index is 10.7. The Labute approximate surface area is 100 Å². The molecule has 0 aliphatic heterocycles. The second-order valence-electron chi connectivity index (χ2n) is 4.21. The van der Waals surface area contributed by atoms with Gasteiger partial charge in [0.1, 0.15) is 5.75 Å². The van der Waals surface area contributed by atoms with Gasteiger partial charge in [-0.05, 0) is 30.5 Å². The number of rotatable bonds is 4. The van der Waals surface area contributed by atoms with Crippen LogP contribution in [-0.4, -0.2) is 28.6 Å². The first-order valence-electron chi connectivity index (χ1n) is 5.14. The molecule has 0 heterocycles. The fourth-order valence-electron chi connectivity index (χ4n) is 1.61. The van der Waals surface area contributed by atoms with Crippen LogP contribution in [-0.2, 0) is 16.5 Å². The smallest absolute Gasteiger partial charge is 0.292 e. The van der Waals surface area contributed by atoms with Crippen LogP contribution in [0.15, 0.2) is 18.2 Å². The van der Waals surface area contributed by atoms with E-state index in [1.54, 1.807) is 19.1 Å². The maximum absolute atomic E-state index is 10.7. The maximum Gasteiger partial charge on any atom is 0.292 e. The third-order valence-corrected chi connectivity index (χ3v) is 3.69. The zero-order chi connectivity index (χ0) is 13.2. The topological polar surface area (TPSA) is 94.8 Å². The van der Waals surface area contributed by atoms with Gasteiger partial charge in [0.25, 0.3) is 10.1 Å². The molecule has 96 valence electrons. The molecule has 2 unspecified atom stereocenters. The van der Waals surface area contributed by atoms with Crippen LogP contribution in [0.5, 0.6) is 5.75 Å². The second-order valence-corrected chi connectivity index (χ2v) is 5.72. The Morgan fingerprint density at radius 3 is 2.41 bits per heavy atom. The van der Waals surface area contributed by atoms with Crippen molar-refractivity contribution in [2.45, 2.75) is 25.7 Å². The number of phenolic OH excluding ortho intramolecular Hbond substituents is 1. The number of benzene rings is 1. The fraction of sp³-hybridized carbons (Fsp3) is 0.455. The van der Waals surface area contributed by atoms with Gasteiger partial charge in [0.05, 0.1) is 0 Å². The highest BCUT2D eigenvalue weighted by Crippen LogP contribution is 2.21. The van der Waals surface area contributed by atoms with Crippen molar-refractivity contribution >= 4 is 10.1 Å². The molecule has 0 bridgehead atoms. The summed E-state index contributed by atoms with van der Waals surface area (Å²) in [6.45, 7) is 3.25. The van der Waals surface area contributed by atoms with E-state index in [1.807, 2.05) is 0 Å². The summed E-state index contributed by atoms with van der Waals surface area (Å²) in [6, 6.07) is 4.87. The Morgan fingerprint density at radius 2 is 1.94 bits per heavy atom. The number of phenols is 1. The third kappa shape index (κ3) is 3.69. The van der Waals surface area contributed by atoms with Crippen LogP contribution in [0.25, 0.3) is 0 Å². The molecule has 1 aromatic rings. The molecule has 3 N–H and O–H groups in total. The van der Waals surface area contributed by atoms with Gasteiger partial charge in [-0.2, -0.15) is 8.42 Å². The van der Waals surface area contributed by atoms with E-state index in [1.165, 1.54) is 13.0 Å². The van der Waals surface area contributed by atoms with Crippen LogP contribution in [0.1, 0.15) is 18.1 Å². The summed E-state index contributed by atoms with van der Waals surface area (Å²) in [5, 5.41) is 18.7. The minimum Gasteiger partial charge on any atom is -0.508 e. The van der Waals surface area contributed by atoms with Gasteiger partial charge in [-0.15, -0.1) is 0 Å². The highest BCUT2D eigenvalue weighted by molar-refractivity contribution is 7.86. The molecule has 2 atom stereocenters. The van der Waals surface area contributed by atoms with E-state index in [2.05, 4.69) is 0 Å². The fourth-order valence-corrected chi connectivity index (χ4v) is 2.29. The highest BCUT2D eigenvalue weighted by Gasteiger charge is 2.26. The molecule has 6 heteroatoms. The quantitative estimate of drug-likeness (QED) is 0.704. The Hall–Kier alpha value is -1.11. The van der Waals surface area contributed by atoms with Gasteiger partial charge < -0.3 is 10.2 Å². The number of aromatic hydroxyl groups is 1. The SMILES string of the molecule is Cc1cc(CC(C)C(O)S(=O)(=O)O)ccc1O. The number of aliphatic hydroxyl groups excluding tert-OH is 1. The van der Waals surface area contributed by atoms with Crippen molar-refractivity contribution < 1.29 is 23.2 Å². The minimum atomic E-state index is -4.43. The van der Waals surface area contributed by atoms with Crippen molar-refractivity contribution in [3.63, 3.8) is 0 Å². The van der Waals surface area contributed by atoms with Gasteiger partial charge in [0.2, 0.25) is 0 Å². The lowest BCUT2D eigenvalue weighted by atomic mass is 10.00. The van der Waals surface area contributed by atoms with E-state index in [0.717, 1.165) is 5.56 Å². The molecule has 0 saturated heterocycles. The van der Waals surface area contributed by atoms with Crippen LogP contribution in [0.3, 0.4) is 0 Å². The lowest BCUT2D eigenvalue weighted by molar-refractivity contribution is 0.177. The molecular formula is C11H16O5S. The molecule has 0 fully saturated rings. The molecule has 0 radical (unpaired) electrons. The van der Waals surface area contributed by atoms with Crippen molar-refractivity contribution in [2.75, 3.05) is 0 Å². The average Bonchev–Trinajstić information content (AvgIpc) is 2.21. The van der Waals surface area contributed by atoms with Crippen molar-refractivity contribution in [1.29, 1.82) is 0 Å². The molecule has 17 heavy (non-hydrogen) atoms. The monoisotopic (exact) mass is 260 g/mol. The largest absolute Gasteiger partial charge is 0.508 e. The third-order valence-electron chi connectivity index (χ3n) is 2.61. The molecule has 0 amide bonds. The molecule has 1 aromatic carbocycles. The second kappa shape index (κ2) is 5.03. The Bertz CT molecular complexity index is 495. The standard InChI is InChI=1S/C11H16O5S/c1-7-5-9(3-4-10(7)12)6-8(2)11(13)17(14,15)16/h3-5,8,11-13H,6H2,1-2H3,(H,14,15,16). The van der Waals surface area contributed by atoms with Gasteiger partial charge in [-0.25, -0.2) is 0 Å². The lowest BCUT2D eigenvalue weighted by Crippen LogP contribution is -2.28. The van der Waals surface area contributed by atoms with E-state index < -0.39 is 21.5 Å². The van der Waals surface area contributed by atoms with Gasteiger partial charge >= 0.3 is 0 Å². The van der Waals surface area contributed by atoms with Crippen LogP contribution in [0.4, 0.5) is 0 Å². The molecule has 0 spiro atoms. The van der Waals surface area contributed by atoms with E-state index in [0.29, 0.717) is 12.0 Å². The minimum absolute atomic E-state index is 0.164. The van der Waals surface area contributed by atoms with Crippen LogP contribution < -0.4 is 0 Å². The van der Waals surface area contributed by atoms with Gasteiger partial charge in [0.15, 0.2) is 5.44 Å². The molecular weight excluding hydrogens is 244 g/mol. The predicted molar refractivity (Wildman–Crippen MR) is 63.3 cm³/mol. The van der Waals surface area contributed by atoms with E-state index in [-0.39, 0.29) is 5.75 Å². The first kappa shape index (κ1) is 14.0. The predicted octanol–water partition coefficient (Wildman–Crippen LogP) is 1.09. The molecule has 0 aliphatic rings. The van der Waals surface area contributed by atoms with Crippen molar-refractivity contribution in [3.05, 3.63) is 29.3 Å². The molecule has 1 rings (SSSR count). The van der Waals surface area contributed by atoms with E-state index in [9.17, 15) is 18.6 Å². The molecule has 5 nitrogen and oxygen atoms in total. The first-order chi connectivity index (χ1) is 7.71. The van der Waals surface area contributed by atoms with E-state index >= 15 is 0 Å². The van der Waals surface area contributed by atoms with Crippen LogP contribution in [0, 0.1) is 12.8 Å². The number of hydrogen-bond donors (Lipinski definition) is 3. The average molecular weight is 260 g/mol. The summed E-state index contributed by atoms with van der Waals surface area (Å²) < 4.78 is 30.2. The Balaban J connectivity index is 2.81. The number of aryl methyl sites for hydroxylation is 1. The van der Waals surface area contributed by atoms with Gasteiger partial charge in [-0.3, -0.25) is 4.55 Å². The number of aliphatic hydroxyl groups is 1. The Kier molecular flexibility index (Phi) is 4.13. The lowest BCUT2D eigenvalue weighted by Gasteiger charge is -2.16. The molecule has 0 aliphatic carbocycles. The van der Waals surface area contributed by atoms with Crippen molar-refractivity contribution in [1.82, 2.24) is 0 Å². The van der Waals surface area contributed by atoms with E-state index in [4.69, 9.17) is 4.55 Å². The first-order valence-corrected chi connectivity index (χ1v) is 6.65. The molecule has 0 aromatic heterocycles. The van der Waals surface area contributed by atoms with Crippen molar-refractivity contribution in [2.24, 2.45) is 5.92 Å². The summed E-state index contributed by atoms with van der Waals surface area (Å²) in [5.41, 5.74) is -0.330. The summed E-state index contributed by atoms with van der Waals surface area (Å²) in [5.74, 6) is -0.467. The number of hydrogen-bond acceptors (Lipinski definition) is 4.